The molecule has 0 nitrogen and oxygen atoms in total. The average Bonchev–Trinajstić information content (AvgIpc) is 2.54. The molecule has 17 heavy (non-hydrogen) atoms. The third-order valence-corrected chi connectivity index (χ3v) is 3.66. The molecule has 90 valence electrons. The highest BCUT2D eigenvalue weighted by Crippen LogP contribution is 2.51. The van der Waals surface area contributed by atoms with Gasteiger partial charge in [0.25, 0.3) is 0 Å². The van der Waals surface area contributed by atoms with Crippen molar-refractivity contribution in [1.82, 2.24) is 0 Å². The number of allylic oxidation sites excluding steroid dienone is 4. The van der Waals surface area contributed by atoms with E-state index in [1.807, 2.05) is 0 Å². The van der Waals surface area contributed by atoms with E-state index in [-0.39, 0.29) is 10.8 Å². The fourth-order valence-corrected chi connectivity index (χ4v) is 2.99. The lowest BCUT2D eigenvalue weighted by atomic mass is 9.69. The zero-order valence-corrected chi connectivity index (χ0v) is 11.5. The first-order chi connectivity index (χ1) is 7.83. The Morgan fingerprint density at radius 1 is 0.882 bits per heavy atom. The molecule has 0 aromatic heterocycles. The van der Waals surface area contributed by atoms with Crippen LogP contribution < -0.4 is 0 Å². The van der Waals surface area contributed by atoms with Crippen LogP contribution in [0.4, 0.5) is 0 Å². The van der Waals surface area contributed by atoms with Gasteiger partial charge < -0.3 is 0 Å². The van der Waals surface area contributed by atoms with E-state index < -0.39 is 0 Å². The van der Waals surface area contributed by atoms with Crippen molar-refractivity contribution in [2.24, 2.45) is 10.8 Å². The summed E-state index contributed by atoms with van der Waals surface area (Å²) in [6.07, 6.45) is 4.60. The first-order valence-electron chi connectivity index (χ1n) is 6.32. The van der Waals surface area contributed by atoms with Gasteiger partial charge in [-0.3, -0.25) is 0 Å². The van der Waals surface area contributed by atoms with Crippen molar-refractivity contribution in [3.8, 4) is 0 Å². The largest absolute Gasteiger partial charge is 0.0622 e. The molecule has 1 aromatic carbocycles. The Balaban J connectivity index is 2.39. The quantitative estimate of drug-likeness (QED) is 0.626. The second-order valence-corrected chi connectivity index (χ2v) is 6.40. The Labute approximate surface area is 105 Å². The highest BCUT2D eigenvalue weighted by Gasteiger charge is 2.37. The predicted molar refractivity (Wildman–Crippen MR) is 75.7 cm³/mol. The molecule has 0 spiro atoms. The number of hydrogen-bond acceptors (Lipinski definition) is 0. The Kier molecular flexibility index (Phi) is 2.77. The Morgan fingerprint density at radius 3 is 1.94 bits per heavy atom. The minimum absolute atomic E-state index is 0.138. The van der Waals surface area contributed by atoms with Crippen LogP contribution in [0.5, 0.6) is 0 Å². The molecule has 0 amide bonds. The van der Waals surface area contributed by atoms with Gasteiger partial charge in [-0.1, -0.05) is 82.7 Å². The maximum atomic E-state index is 2.33. The molecule has 0 fully saturated rings. The van der Waals surface area contributed by atoms with Crippen molar-refractivity contribution >= 4 is 5.57 Å². The van der Waals surface area contributed by atoms with Crippen molar-refractivity contribution in [3.63, 3.8) is 0 Å². The van der Waals surface area contributed by atoms with Gasteiger partial charge in [-0.2, -0.15) is 0 Å². The number of rotatable bonds is 1. The fourth-order valence-electron chi connectivity index (χ4n) is 2.99. The monoisotopic (exact) mass is 226 g/mol. The van der Waals surface area contributed by atoms with Gasteiger partial charge in [0, 0.05) is 5.41 Å². The Hall–Kier alpha value is -1.30. The summed E-state index contributed by atoms with van der Waals surface area (Å²) < 4.78 is 0. The van der Waals surface area contributed by atoms with Crippen molar-refractivity contribution in [2.45, 2.75) is 34.6 Å². The summed E-state index contributed by atoms with van der Waals surface area (Å²) in [4.78, 5) is 0. The van der Waals surface area contributed by atoms with Crippen LogP contribution in [0, 0.1) is 10.8 Å². The maximum absolute atomic E-state index is 2.33. The van der Waals surface area contributed by atoms with E-state index in [1.54, 1.807) is 0 Å². The Bertz CT molecular complexity index is 465. The molecule has 2 rings (SSSR count). The summed E-state index contributed by atoms with van der Waals surface area (Å²) in [7, 11) is 0. The smallest absolute Gasteiger partial charge is 0.0119 e. The third kappa shape index (κ3) is 2.09. The first-order valence-corrected chi connectivity index (χ1v) is 6.32. The van der Waals surface area contributed by atoms with E-state index >= 15 is 0 Å². The highest BCUT2D eigenvalue weighted by molar-refractivity contribution is 5.77. The molecule has 0 heterocycles. The van der Waals surface area contributed by atoms with Gasteiger partial charge >= 0.3 is 0 Å². The van der Waals surface area contributed by atoms with E-state index in [0.29, 0.717) is 0 Å². The highest BCUT2D eigenvalue weighted by atomic mass is 14.4. The van der Waals surface area contributed by atoms with Gasteiger partial charge in [-0.05, 0) is 16.6 Å². The van der Waals surface area contributed by atoms with Gasteiger partial charge in [0.2, 0.25) is 0 Å². The van der Waals surface area contributed by atoms with Gasteiger partial charge in [-0.25, -0.2) is 0 Å². The van der Waals surface area contributed by atoms with Crippen LogP contribution in [0.15, 0.2) is 48.1 Å². The van der Waals surface area contributed by atoms with Crippen molar-refractivity contribution in [2.75, 3.05) is 0 Å². The van der Waals surface area contributed by atoms with E-state index in [9.17, 15) is 0 Å². The van der Waals surface area contributed by atoms with E-state index in [1.165, 1.54) is 16.7 Å². The average molecular weight is 226 g/mol. The molecule has 0 N–H and O–H groups in total. The minimum Gasteiger partial charge on any atom is -0.0622 e. The molecule has 0 radical (unpaired) electrons. The lowest BCUT2D eigenvalue weighted by Gasteiger charge is -2.35. The summed E-state index contributed by atoms with van der Waals surface area (Å²) in [5.74, 6) is 0. The van der Waals surface area contributed by atoms with Crippen LogP contribution in [0.2, 0.25) is 0 Å². The SMILES string of the molecule is CC(C)(C)C1=CC=C(c2ccccc2)C1(C)C. The van der Waals surface area contributed by atoms with E-state index in [4.69, 9.17) is 0 Å². The third-order valence-electron chi connectivity index (χ3n) is 3.66. The zero-order chi connectivity index (χ0) is 12.7. The molecule has 0 heteroatoms. The van der Waals surface area contributed by atoms with Gasteiger partial charge in [0.1, 0.15) is 0 Å². The minimum atomic E-state index is 0.138. The molecule has 0 saturated heterocycles. The van der Waals surface area contributed by atoms with E-state index in [2.05, 4.69) is 77.1 Å². The molecule has 0 bridgehead atoms. The summed E-state index contributed by atoms with van der Waals surface area (Å²) in [6, 6.07) is 10.7. The van der Waals surface area contributed by atoms with Gasteiger partial charge in [-0.15, -0.1) is 0 Å². The molecular formula is C17H22. The molecule has 1 aliphatic carbocycles. The lowest BCUT2D eigenvalue weighted by Crippen LogP contribution is -2.23. The standard InChI is InChI=1S/C17H22/c1-16(2,3)15-12-11-14(17(15,4)5)13-9-7-6-8-10-13/h6-12H,1-5H3. The zero-order valence-electron chi connectivity index (χ0n) is 11.5. The molecule has 1 aliphatic rings. The molecule has 0 unspecified atom stereocenters. The number of benzene rings is 1. The van der Waals surface area contributed by atoms with Crippen molar-refractivity contribution in [1.29, 1.82) is 0 Å². The second kappa shape index (κ2) is 3.87. The first kappa shape index (κ1) is 12.2. The van der Waals surface area contributed by atoms with Gasteiger partial charge in [0.05, 0.1) is 0 Å². The lowest BCUT2D eigenvalue weighted by molar-refractivity contribution is 0.408. The van der Waals surface area contributed by atoms with E-state index in [0.717, 1.165) is 0 Å². The Morgan fingerprint density at radius 2 is 1.47 bits per heavy atom. The van der Waals surface area contributed by atoms with Crippen molar-refractivity contribution < 1.29 is 0 Å². The molecule has 0 aliphatic heterocycles. The number of hydrogen-bond donors (Lipinski definition) is 0. The normalized spacial score (nSPS) is 18.9. The maximum Gasteiger partial charge on any atom is 0.0119 e. The van der Waals surface area contributed by atoms with Crippen LogP contribution in [0.25, 0.3) is 5.57 Å². The molecular weight excluding hydrogens is 204 g/mol. The fraction of sp³-hybridized carbons (Fsp3) is 0.412. The summed E-state index contributed by atoms with van der Waals surface area (Å²) in [6.45, 7) is 11.5. The molecule has 0 atom stereocenters. The molecule has 1 aromatic rings. The van der Waals surface area contributed by atoms with Crippen LogP contribution in [-0.2, 0) is 0 Å². The van der Waals surface area contributed by atoms with Crippen LogP contribution >= 0.6 is 0 Å². The second-order valence-electron chi connectivity index (χ2n) is 6.40. The summed E-state index contributed by atoms with van der Waals surface area (Å²) >= 11 is 0. The predicted octanol–water partition coefficient (Wildman–Crippen LogP) is 5.08. The van der Waals surface area contributed by atoms with Crippen LogP contribution in [0.3, 0.4) is 0 Å². The summed E-state index contributed by atoms with van der Waals surface area (Å²) in [5, 5.41) is 0. The topological polar surface area (TPSA) is 0 Å². The van der Waals surface area contributed by atoms with Crippen LogP contribution in [0.1, 0.15) is 40.2 Å². The summed E-state index contributed by atoms with van der Waals surface area (Å²) in [5.41, 5.74) is 4.66. The van der Waals surface area contributed by atoms with Crippen molar-refractivity contribution in [3.05, 3.63) is 53.6 Å². The van der Waals surface area contributed by atoms with Crippen LogP contribution in [-0.4, -0.2) is 0 Å². The molecule has 0 saturated carbocycles. The van der Waals surface area contributed by atoms with Gasteiger partial charge in [0.15, 0.2) is 0 Å².